The molecule has 0 bridgehead atoms. The Morgan fingerprint density at radius 2 is 1.87 bits per heavy atom. The summed E-state index contributed by atoms with van der Waals surface area (Å²) in [6.45, 7) is 8.07. The first-order valence-corrected chi connectivity index (χ1v) is 8.06. The van der Waals surface area contributed by atoms with E-state index in [0.29, 0.717) is 18.2 Å². The van der Waals surface area contributed by atoms with Crippen LogP contribution in [0, 0.1) is 0 Å². The van der Waals surface area contributed by atoms with Gasteiger partial charge in [-0.15, -0.1) is 6.58 Å². The van der Waals surface area contributed by atoms with Crippen LogP contribution in [-0.2, 0) is 4.79 Å². The molecule has 0 unspecified atom stereocenters. The Morgan fingerprint density at radius 1 is 1.17 bits per heavy atom. The molecule has 1 fully saturated rings. The lowest BCUT2D eigenvalue weighted by Crippen LogP contribution is -2.53. The number of piperazine rings is 1. The summed E-state index contributed by atoms with van der Waals surface area (Å²) in [6.07, 6.45) is 1.70. The number of benzene rings is 1. The van der Waals surface area contributed by atoms with Gasteiger partial charge < -0.3 is 10.2 Å². The van der Waals surface area contributed by atoms with E-state index in [1.54, 1.807) is 6.08 Å². The van der Waals surface area contributed by atoms with Gasteiger partial charge in [0.05, 0.1) is 6.54 Å². The van der Waals surface area contributed by atoms with Crippen molar-refractivity contribution in [2.75, 3.05) is 44.2 Å². The number of hydrazine groups is 1. The van der Waals surface area contributed by atoms with E-state index in [4.69, 9.17) is 12.2 Å². The Labute approximate surface area is 142 Å². The number of anilines is 1. The zero-order valence-corrected chi connectivity index (χ0v) is 13.9. The number of carbonyl (C=O) groups excluding carboxylic acids is 1. The molecule has 0 saturated carbocycles. The van der Waals surface area contributed by atoms with Crippen LogP contribution in [0.25, 0.3) is 0 Å². The number of hydrogen-bond donors (Lipinski definition) is 3. The molecule has 6 nitrogen and oxygen atoms in total. The molecule has 3 N–H and O–H groups in total. The smallest absolute Gasteiger partial charge is 0.252 e. The van der Waals surface area contributed by atoms with Crippen LogP contribution < -0.4 is 21.1 Å². The van der Waals surface area contributed by atoms with Crippen LogP contribution in [0.5, 0.6) is 0 Å². The third kappa shape index (κ3) is 5.88. The first-order chi connectivity index (χ1) is 11.2. The van der Waals surface area contributed by atoms with Crippen molar-refractivity contribution in [2.24, 2.45) is 0 Å². The van der Waals surface area contributed by atoms with Crippen LogP contribution in [-0.4, -0.2) is 55.2 Å². The molecule has 0 aromatic heterocycles. The Balaban J connectivity index is 1.66. The molecule has 2 rings (SSSR count). The molecule has 23 heavy (non-hydrogen) atoms. The Hall–Kier alpha value is -2.12. The van der Waals surface area contributed by atoms with Gasteiger partial charge in [0.15, 0.2) is 5.11 Å². The van der Waals surface area contributed by atoms with Crippen molar-refractivity contribution in [3.8, 4) is 0 Å². The van der Waals surface area contributed by atoms with Gasteiger partial charge in [-0.3, -0.25) is 20.5 Å². The number of amides is 1. The summed E-state index contributed by atoms with van der Waals surface area (Å²) in [4.78, 5) is 16.4. The lowest BCUT2D eigenvalue weighted by molar-refractivity contribution is -0.122. The number of para-hydroxylation sites is 1. The second kappa shape index (κ2) is 9.12. The van der Waals surface area contributed by atoms with Gasteiger partial charge in [-0.05, 0) is 24.4 Å². The highest BCUT2D eigenvalue weighted by atomic mass is 32.1. The predicted octanol–water partition coefficient (Wildman–Crippen LogP) is 0.490. The topological polar surface area (TPSA) is 59.6 Å². The van der Waals surface area contributed by atoms with Crippen LogP contribution >= 0.6 is 12.2 Å². The van der Waals surface area contributed by atoms with E-state index >= 15 is 0 Å². The summed E-state index contributed by atoms with van der Waals surface area (Å²) < 4.78 is 0. The number of rotatable bonds is 5. The van der Waals surface area contributed by atoms with Crippen molar-refractivity contribution in [1.29, 1.82) is 0 Å². The SMILES string of the molecule is C=CCNC(=S)NNC(=O)CN1CCN(c2ccccc2)CC1. The number of carbonyl (C=O) groups is 1. The normalized spacial score (nSPS) is 14.9. The number of nitrogens with one attached hydrogen (secondary N) is 3. The summed E-state index contributed by atoms with van der Waals surface area (Å²) in [5.41, 5.74) is 6.51. The summed E-state index contributed by atoms with van der Waals surface area (Å²) in [6, 6.07) is 10.3. The molecule has 0 spiro atoms. The van der Waals surface area contributed by atoms with Crippen molar-refractivity contribution in [1.82, 2.24) is 21.1 Å². The van der Waals surface area contributed by atoms with E-state index in [0.717, 1.165) is 26.2 Å². The van der Waals surface area contributed by atoms with E-state index < -0.39 is 0 Å². The van der Waals surface area contributed by atoms with Gasteiger partial charge >= 0.3 is 0 Å². The maximum absolute atomic E-state index is 11.9. The molecule has 124 valence electrons. The third-order valence-corrected chi connectivity index (χ3v) is 3.83. The minimum Gasteiger partial charge on any atom is -0.369 e. The molecule has 7 heteroatoms. The van der Waals surface area contributed by atoms with E-state index in [1.165, 1.54) is 5.69 Å². The molecular weight excluding hydrogens is 310 g/mol. The van der Waals surface area contributed by atoms with Gasteiger partial charge in [-0.1, -0.05) is 24.3 Å². The Morgan fingerprint density at radius 3 is 2.52 bits per heavy atom. The quantitative estimate of drug-likeness (QED) is 0.414. The van der Waals surface area contributed by atoms with Crippen LogP contribution in [0.2, 0.25) is 0 Å². The highest BCUT2D eigenvalue weighted by Gasteiger charge is 2.18. The molecule has 1 saturated heterocycles. The fourth-order valence-corrected chi connectivity index (χ4v) is 2.52. The summed E-state index contributed by atoms with van der Waals surface area (Å²) >= 11 is 5.01. The van der Waals surface area contributed by atoms with E-state index in [1.807, 2.05) is 18.2 Å². The fourth-order valence-electron chi connectivity index (χ4n) is 2.38. The highest BCUT2D eigenvalue weighted by Crippen LogP contribution is 2.15. The summed E-state index contributed by atoms with van der Waals surface area (Å²) in [5.74, 6) is -0.0964. The van der Waals surface area contributed by atoms with Crippen molar-refractivity contribution in [3.05, 3.63) is 43.0 Å². The van der Waals surface area contributed by atoms with Crippen LogP contribution in [0.3, 0.4) is 0 Å². The summed E-state index contributed by atoms with van der Waals surface area (Å²) in [7, 11) is 0. The largest absolute Gasteiger partial charge is 0.369 e. The van der Waals surface area contributed by atoms with E-state index in [9.17, 15) is 4.79 Å². The fraction of sp³-hybridized carbons (Fsp3) is 0.375. The third-order valence-electron chi connectivity index (χ3n) is 3.58. The second-order valence-electron chi connectivity index (χ2n) is 5.27. The standard InChI is InChI=1S/C16H23N5OS/c1-2-8-17-16(23)19-18-15(22)13-20-9-11-21(12-10-20)14-6-4-3-5-7-14/h2-7H,1,8-13H2,(H,18,22)(H2,17,19,23). The average Bonchev–Trinajstić information content (AvgIpc) is 2.59. The summed E-state index contributed by atoms with van der Waals surface area (Å²) in [5, 5.41) is 3.26. The van der Waals surface area contributed by atoms with Crippen LogP contribution in [0.1, 0.15) is 0 Å². The van der Waals surface area contributed by atoms with Crippen molar-refractivity contribution < 1.29 is 4.79 Å². The molecule has 0 aliphatic carbocycles. The maximum atomic E-state index is 11.9. The highest BCUT2D eigenvalue weighted by molar-refractivity contribution is 7.80. The van der Waals surface area contributed by atoms with Gasteiger partial charge in [0.25, 0.3) is 5.91 Å². The average molecular weight is 333 g/mol. The van der Waals surface area contributed by atoms with Gasteiger partial charge in [0.1, 0.15) is 0 Å². The monoisotopic (exact) mass is 333 g/mol. The van der Waals surface area contributed by atoms with E-state index in [-0.39, 0.29) is 5.91 Å². The van der Waals surface area contributed by atoms with Gasteiger partial charge in [-0.25, -0.2) is 0 Å². The van der Waals surface area contributed by atoms with Gasteiger partial charge in [0.2, 0.25) is 0 Å². The molecular formula is C16H23N5OS. The van der Waals surface area contributed by atoms with Crippen molar-refractivity contribution >= 4 is 28.9 Å². The molecule has 1 aromatic carbocycles. The minimum absolute atomic E-state index is 0.0964. The first kappa shape index (κ1) is 17.2. The molecule has 1 aromatic rings. The van der Waals surface area contributed by atoms with Crippen LogP contribution in [0.15, 0.2) is 43.0 Å². The second-order valence-corrected chi connectivity index (χ2v) is 5.68. The lowest BCUT2D eigenvalue weighted by atomic mass is 10.2. The minimum atomic E-state index is -0.0964. The molecule has 0 radical (unpaired) electrons. The number of hydrogen-bond acceptors (Lipinski definition) is 4. The molecule has 1 heterocycles. The predicted molar refractivity (Wildman–Crippen MR) is 97.2 cm³/mol. The number of thiocarbonyl (C=S) groups is 1. The molecule has 0 atom stereocenters. The number of nitrogens with zero attached hydrogens (tertiary/aromatic N) is 2. The first-order valence-electron chi connectivity index (χ1n) is 7.65. The Bertz CT molecular complexity index is 529. The zero-order valence-electron chi connectivity index (χ0n) is 13.1. The van der Waals surface area contributed by atoms with E-state index in [2.05, 4.69) is 44.7 Å². The lowest BCUT2D eigenvalue weighted by Gasteiger charge is -2.35. The molecule has 1 amide bonds. The Kier molecular flexibility index (Phi) is 6.83. The molecule has 1 aliphatic rings. The van der Waals surface area contributed by atoms with Gasteiger partial charge in [0, 0.05) is 38.4 Å². The van der Waals surface area contributed by atoms with Crippen molar-refractivity contribution in [3.63, 3.8) is 0 Å². The zero-order chi connectivity index (χ0) is 16.5. The van der Waals surface area contributed by atoms with Crippen molar-refractivity contribution in [2.45, 2.75) is 0 Å². The van der Waals surface area contributed by atoms with Crippen LogP contribution in [0.4, 0.5) is 5.69 Å². The maximum Gasteiger partial charge on any atom is 0.252 e. The molecule has 1 aliphatic heterocycles. The van der Waals surface area contributed by atoms with Gasteiger partial charge in [-0.2, -0.15) is 0 Å².